The predicted octanol–water partition coefficient (Wildman–Crippen LogP) is 3.27. The number of ether oxygens (including phenoxy) is 1. The van der Waals surface area contributed by atoms with Crippen LogP contribution >= 0.6 is 0 Å². The first-order valence-electron chi connectivity index (χ1n) is 9.31. The van der Waals surface area contributed by atoms with Crippen molar-refractivity contribution in [2.45, 2.75) is 13.5 Å². The molecule has 0 saturated heterocycles. The van der Waals surface area contributed by atoms with Crippen molar-refractivity contribution in [3.05, 3.63) is 59.9 Å². The van der Waals surface area contributed by atoms with Crippen molar-refractivity contribution in [2.24, 2.45) is 0 Å². The van der Waals surface area contributed by atoms with Crippen LogP contribution in [0.5, 0.6) is 0 Å². The van der Waals surface area contributed by atoms with Gasteiger partial charge in [-0.15, -0.1) is 0 Å². The number of aromatic amines is 1. The molecular formula is C21H18N6O2. The van der Waals surface area contributed by atoms with Crippen molar-refractivity contribution < 1.29 is 9.53 Å². The lowest BCUT2D eigenvalue weighted by atomic mass is 10.2. The summed E-state index contributed by atoms with van der Waals surface area (Å²) in [6.45, 7) is 2.32. The van der Waals surface area contributed by atoms with E-state index in [0.717, 1.165) is 16.6 Å². The number of imidazole rings is 1. The molecule has 0 amide bonds. The lowest BCUT2D eigenvalue weighted by Crippen LogP contribution is -2.10. The molecule has 144 valence electrons. The normalized spacial score (nSPS) is 11.5. The molecule has 0 bridgehead atoms. The number of nitrogens with zero attached hydrogens (tertiary/aromatic N) is 4. The van der Waals surface area contributed by atoms with E-state index in [-0.39, 0.29) is 18.0 Å². The number of H-pyrrole nitrogens is 1. The number of carbonyl (C=O) groups excluding carboxylic acids is 1. The van der Waals surface area contributed by atoms with Crippen LogP contribution in [-0.4, -0.2) is 37.1 Å². The van der Waals surface area contributed by atoms with Gasteiger partial charge in [-0.3, -0.25) is 0 Å². The zero-order chi connectivity index (χ0) is 20.0. The Bertz CT molecular complexity index is 1350. The van der Waals surface area contributed by atoms with Gasteiger partial charge in [0.1, 0.15) is 22.7 Å². The van der Waals surface area contributed by atoms with E-state index >= 15 is 0 Å². The van der Waals surface area contributed by atoms with Crippen LogP contribution in [0.15, 0.2) is 48.5 Å². The van der Waals surface area contributed by atoms with Crippen molar-refractivity contribution in [1.82, 2.24) is 24.5 Å². The van der Waals surface area contributed by atoms with Gasteiger partial charge in [0.15, 0.2) is 5.65 Å². The highest BCUT2D eigenvalue weighted by Crippen LogP contribution is 2.29. The van der Waals surface area contributed by atoms with E-state index in [0.29, 0.717) is 29.0 Å². The summed E-state index contributed by atoms with van der Waals surface area (Å²) in [6, 6.07) is 15.3. The summed E-state index contributed by atoms with van der Waals surface area (Å²) in [4.78, 5) is 29.9. The molecule has 29 heavy (non-hydrogen) atoms. The maximum absolute atomic E-state index is 12.6. The Kier molecular flexibility index (Phi) is 3.90. The van der Waals surface area contributed by atoms with Crippen LogP contribution < -0.4 is 5.73 Å². The maximum Gasteiger partial charge on any atom is 0.344 e. The van der Waals surface area contributed by atoms with Crippen LogP contribution in [0.3, 0.4) is 0 Å². The summed E-state index contributed by atoms with van der Waals surface area (Å²) >= 11 is 0. The molecule has 5 rings (SSSR count). The van der Waals surface area contributed by atoms with Gasteiger partial charge in [-0.1, -0.05) is 24.3 Å². The van der Waals surface area contributed by atoms with Gasteiger partial charge < -0.3 is 20.0 Å². The first-order chi connectivity index (χ1) is 14.2. The van der Waals surface area contributed by atoms with Gasteiger partial charge >= 0.3 is 5.97 Å². The number of nitrogens with one attached hydrogen (secondary N) is 1. The Balaban J connectivity index is 1.73. The molecule has 8 nitrogen and oxygen atoms in total. The van der Waals surface area contributed by atoms with Gasteiger partial charge in [0.2, 0.25) is 0 Å². The second-order valence-electron chi connectivity index (χ2n) is 6.65. The lowest BCUT2D eigenvalue weighted by molar-refractivity contribution is 0.0529. The molecule has 0 unspecified atom stereocenters. The van der Waals surface area contributed by atoms with Crippen LogP contribution in [-0.2, 0) is 11.3 Å². The minimum absolute atomic E-state index is 0.233. The zero-order valence-corrected chi connectivity index (χ0v) is 15.7. The summed E-state index contributed by atoms with van der Waals surface area (Å²) < 4.78 is 6.97. The average molecular weight is 386 g/mol. The number of para-hydroxylation sites is 4. The fraction of sp³-hybridized carbons (Fsp3) is 0.143. The number of rotatable bonds is 4. The average Bonchev–Trinajstić information content (AvgIpc) is 3.25. The lowest BCUT2D eigenvalue weighted by Gasteiger charge is -2.06. The monoisotopic (exact) mass is 386 g/mol. The third-order valence-electron chi connectivity index (χ3n) is 4.82. The fourth-order valence-electron chi connectivity index (χ4n) is 3.51. The van der Waals surface area contributed by atoms with E-state index in [2.05, 4.69) is 15.0 Å². The number of benzene rings is 2. The number of fused-ring (bicyclic) bond motifs is 3. The van der Waals surface area contributed by atoms with Crippen LogP contribution in [0.25, 0.3) is 33.2 Å². The first kappa shape index (κ1) is 17.2. The van der Waals surface area contributed by atoms with E-state index in [9.17, 15) is 4.79 Å². The number of carbonyl (C=O) groups is 1. The Labute approximate surface area is 165 Å². The molecule has 0 aliphatic carbocycles. The quantitative estimate of drug-likeness (QED) is 0.459. The molecule has 5 aromatic rings. The van der Waals surface area contributed by atoms with E-state index in [1.54, 1.807) is 11.5 Å². The molecule has 8 heteroatoms. The summed E-state index contributed by atoms with van der Waals surface area (Å²) in [5, 5.41) is 0. The highest BCUT2D eigenvalue weighted by Gasteiger charge is 2.25. The van der Waals surface area contributed by atoms with Crippen molar-refractivity contribution in [2.75, 3.05) is 12.3 Å². The van der Waals surface area contributed by atoms with E-state index < -0.39 is 5.97 Å². The second-order valence-corrected chi connectivity index (χ2v) is 6.65. The molecule has 0 saturated carbocycles. The molecule has 0 radical (unpaired) electrons. The van der Waals surface area contributed by atoms with Gasteiger partial charge in [0.25, 0.3) is 0 Å². The van der Waals surface area contributed by atoms with Crippen LogP contribution in [0.1, 0.15) is 23.1 Å². The number of hydrogen-bond donors (Lipinski definition) is 2. The number of hydrogen-bond acceptors (Lipinski definition) is 6. The highest BCUT2D eigenvalue weighted by molar-refractivity contribution is 6.08. The molecule has 3 N–H and O–H groups in total. The minimum Gasteiger partial charge on any atom is -0.462 e. The maximum atomic E-state index is 12.6. The molecule has 0 atom stereocenters. The number of esters is 1. The number of nitrogen functional groups attached to an aromatic ring is 1. The van der Waals surface area contributed by atoms with Crippen LogP contribution in [0, 0.1) is 0 Å². The van der Waals surface area contributed by atoms with Crippen molar-refractivity contribution in [3.8, 4) is 0 Å². The Morgan fingerprint density at radius 2 is 1.72 bits per heavy atom. The molecule has 0 aliphatic heterocycles. The first-order valence-corrected chi connectivity index (χ1v) is 9.31. The summed E-state index contributed by atoms with van der Waals surface area (Å²) in [5.74, 6) is 0.456. The third kappa shape index (κ3) is 2.77. The molecule has 0 aliphatic rings. The predicted molar refractivity (Wildman–Crippen MR) is 111 cm³/mol. The minimum atomic E-state index is -0.511. The molecule has 3 heterocycles. The summed E-state index contributed by atoms with van der Waals surface area (Å²) in [7, 11) is 0. The Morgan fingerprint density at radius 1 is 1.03 bits per heavy atom. The van der Waals surface area contributed by atoms with Gasteiger partial charge in [0.05, 0.1) is 35.2 Å². The molecule has 3 aromatic heterocycles. The molecule has 0 spiro atoms. The molecule has 0 fully saturated rings. The van der Waals surface area contributed by atoms with E-state index in [4.69, 9.17) is 15.5 Å². The largest absolute Gasteiger partial charge is 0.462 e. The highest BCUT2D eigenvalue weighted by atomic mass is 16.5. The van der Waals surface area contributed by atoms with Crippen molar-refractivity contribution in [3.63, 3.8) is 0 Å². The number of aromatic nitrogens is 5. The standard InChI is InChI=1S/C21H18N6O2/c1-2-29-21(28)17-18-20(26-15-10-6-5-9-14(15)25-18)27(19(17)22)11-16-23-12-7-3-4-8-13(12)24-16/h3-10H,2,11,22H2,1H3,(H,23,24). The summed E-state index contributed by atoms with van der Waals surface area (Å²) in [5.41, 5.74) is 10.8. The van der Waals surface area contributed by atoms with E-state index in [1.165, 1.54) is 0 Å². The van der Waals surface area contributed by atoms with Crippen LogP contribution in [0.2, 0.25) is 0 Å². The van der Waals surface area contributed by atoms with Gasteiger partial charge in [-0.05, 0) is 31.2 Å². The number of anilines is 1. The zero-order valence-electron chi connectivity index (χ0n) is 15.7. The topological polar surface area (TPSA) is 112 Å². The fourth-order valence-corrected chi connectivity index (χ4v) is 3.51. The van der Waals surface area contributed by atoms with Gasteiger partial charge in [-0.25, -0.2) is 19.7 Å². The van der Waals surface area contributed by atoms with Gasteiger partial charge in [0, 0.05) is 0 Å². The van der Waals surface area contributed by atoms with Crippen LogP contribution in [0.4, 0.5) is 5.82 Å². The number of nitrogens with two attached hydrogens (primary N) is 1. The smallest absolute Gasteiger partial charge is 0.344 e. The summed E-state index contributed by atoms with van der Waals surface area (Å²) in [6.07, 6.45) is 0. The second kappa shape index (κ2) is 6.59. The molecule has 2 aromatic carbocycles. The van der Waals surface area contributed by atoms with Crippen molar-refractivity contribution in [1.29, 1.82) is 0 Å². The Morgan fingerprint density at radius 3 is 2.45 bits per heavy atom. The van der Waals surface area contributed by atoms with E-state index in [1.807, 2.05) is 48.5 Å². The third-order valence-corrected chi connectivity index (χ3v) is 4.82. The molecular weight excluding hydrogens is 368 g/mol. The van der Waals surface area contributed by atoms with Crippen molar-refractivity contribution >= 4 is 45.0 Å². The van der Waals surface area contributed by atoms with Gasteiger partial charge in [-0.2, -0.15) is 0 Å². The SMILES string of the molecule is CCOC(=O)c1c(N)n(Cc2nc3ccccc3[nH]2)c2nc3ccccc3nc12. The Hall–Kier alpha value is -3.94.